The molecule has 0 bridgehead atoms. The Kier molecular flexibility index (Phi) is 6.99. The normalized spacial score (nSPS) is 10.9. The third kappa shape index (κ3) is 5.77. The van der Waals surface area contributed by atoms with Crippen LogP contribution in [0.5, 0.6) is 11.5 Å². The Labute approximate surface area is 161 Å². The van der Waals surface area contributed by atoms with E-state index in [1.54, 1.807) is 66.7 Å². The van der Waals surface area contributed by atoms with E-state index in [1.165, 1.54) is 12.1 Å². The summed E-state index contributed by atoms with van der Waals surface area (Å²) in [5.41, 5.74) is 6.26. The van der Waals surface area contributed by atoms with Gasteiger partial charge in [0, 0.05) is 11.3 Å². The van der Waals surface area contributed by atoms with Gasteiger partial charge in [-0.25, -0.2) is 9.59 Å². The van der Waals surface area contributed by atoms with Crippen molar-refractivity contribution in [2.75, 3.05) is 5.73 Å². The molecule has 1 unspecified atom stereocenters. The van der Waals surface area contributed by atoms with E-state index in [2.05, 4.69) is 0 Å². The number of aromatic hydroxyl groups is 2. The van der Waals surface area contributed by atoms with E-state index >= 15 is 0 Å². The minimum absolute atomic E-state index is 0.0744. The van der Waals surface area contributed by atoms with Crippen molar-refractivity contribution in [3.8, 4) is 11.5 Å². The van der Waals surface area contributed by atoms with Crippen LogP contribution in [0.3, 0.4) is 0 Å². The molecular weight excluding hydrogens is 362 g/mol. The Morgan fingerprint density at radius 1 is 0.821 bits per heavy atom. The molecule has 0 amide bonds. The number of phenolic OH excluding ortho intramolecular Hbond substituents is 2. The first-order valence-electron chi connectivity index (χ1n) is 8.19. The molecule has 0 aliphatic heterocycles. The van der Waals surface area contributed by atoms with E-state index in [0.717, 1.165) is 0 Å². The molecule has 0 radical (unpaired) electrons. The molecule has 1 atom stereocenters. The number of phenols is 2. The molecule has 144 valence electrons. The number of carbonyl (C=O) groups excluding carboxylic acids is 1. The van der Waals surface area contributed by atoms with Gasteiger partial charge in [-0.3, -0.25) is 0 Å². The number of anilines is 1. The van der Waals surface area contributed by atoms with Gasteiger partial charge in [-0.15, -0.1) is 0 Å². The molecule has 0 saturated heterocycles. The van der Waals surface area contributed by atoms with Crippen LogP contribution in [0.25, 0.3) is 0 Å². The molecular formula is C21H19NO6. The van der Waals surface area contributed by atoms with Crippen molar-refractivity contribution in [2.24, 2.45) is 0 Å². The second kappa shape index (κ2) is 9.63. The van der Waals surface area contributed by atoms with E-state index in [0.29, 0.717) is 11.3 Å². The largest absolute Gasteiger partial charge is 0.508 e. The average molecular weight is 381 g/mol. The van der Waals surface area contributed by atoms with Gasteiger partial charge in [0.2, 0.25) is 6.10 Å². The molecule has 3 rings (SSSR count). The van der Waals surface area contributed by atoms with Crippen LogP contribution in [0, 0.1) is 0 Å². The highest BCUT2D eigenvalue weighted by atomic mass is 16.6. The number of hydrogen-bond acceptors (Lipinski definition) is 6. The number of esters is 1. The standard InChI is InChI=1S/C15H12O5.C6H7NO/c16-12-9-5-4-8-11(12)15(19)20-13(14(17)18)10-6-2-1-3-7-10;7-5-1-3-6(8)4-2-5/h1-9,13,16H,(H,17,18);1-4,8H,7H2. The fraction of sp³-hybridized carbons (Fsp3) is 0.0476. The second-order valence-electron chi connectivity index (χ2n) is 5.64. The van der Waals surface area contributed by atoms with Crippen LogP contribution in [-0.4, -0.2) is 27.3 Å². The van der Waals surface area contributed by atoms with Crippen molar-refractivity contribution in [1.29, 1.82) is 0 Å². The molecule has 0 aromatic heterocycles. The first-order chi connectivity index (χ1) is 13.4. The first kappa shape index (κ1) is 20.3. The summed E-state index contributed by atoms with van der Waals surface area (Å²) < 4.78 is 4.97. The maximum atomic E-state index is 11.9. The molecule has 3 aromatic rings. The number of carboxylic acids is 1. The lowest BCUT2D eigenvalue weighted by atomic mass is 10.1. The molecule has 28 heavy (non-hydrogen) atoms. The van der Waals surface area contributed by atoms with Crippen molar-refractivity contribution in [2.45, 2.75) is 6.10 Å². The molecule has 3 aromatic carbocycles. The highest BCUT2D eigenvalue weighted by Gasteiger charge is 2.25. The Morgan fingerprint density at radius 2 is 1.39 bits per heavy atom. The van der Waals surface area contributed by atoms with Gasteiger partial charge in [-0.05, 0) is 36.4 Å². The number of nitrogens with two attached hydrogens (primary N) is 1. The van der Waals surface area contributed by atoms with Gasteiger partial charge >= 0.3 is 11.9 Å². The van der Waals surface area contributed by atoms with Crippen LogP contribution in [0.4, 0.5) is 5.69 Å². The van der Waals surface area contributed by atoms with Gasteiger partial charge in [0.1, 0.15) is 17.1 Å². The average Bonchev–Trinajstić information content (AvgIpc) is 2.69. The number of rotatable bonds is 4. The first-order valence-corrected chi connectivity index (χ1v) is 8.19. The summed E-state index contributed by atoms with van der Waals surface area (Å²) in [6.07, 6.45) is -1.41. The van der Waals surface area contributed by atoms with Crippen molar-refractivity contribution in [1.82, 2.24) is 0 Å². The topological polar surface area (TPSA) is 130 Å². The smallest absolute Gasteiger partial charge is 0.349 e. The minimum atomic E-state index is -1.41. The number of hydrogen-bond donors (Lipinski definition) is 4. The maximum absolute atomic E-state index is 11.9. The van der Waals surface area contributed by atoms with E-state index in [-0.39, 0.29) is 17.1 Å². The number of benzene rings is 3. The zero-order chi connectivity index (χ0) is 20.5. The molecule has 0 aliphatic rings. The quantitative estimate of drug-likeness (QED) is 0.310. The van der Waals surface area contributed by atoms with Crippen molar-refractivity contribution >= 4 is 17.6 Å². The maximum Gasteiger partial charge on any atom is 0.349 e. The van der Waals surface area contributed by atoms with Gasteiger partial charge in [0.25, 0.3) is 0 Å². The highest BCUT2D eigenvalue weighted by molar-refractivity contribution is 5.94. The Balaban J connectivity index is 0.000000292. The van der Waals surface area contributed by atoms with Crippen molar-refractivity contribution in [3.63, 3.8) is 0 Å². The van der Waals surface area contributed by atoms with Crippen molar-refractivity contribution < 1.29 is 29.6 Å². The van der Waals surface area contributed by atoms with Gasteiger partial charge in [0.15, 0.2) is 0 Å². The van der Waals surface area contributed by atoms with Crippen LogP contribution < -0.4 is 5.73 Å². The third-order valence-electron chi connectivity index (χ3n) is 3.57. The Hall–Kier alpha value is -4.00. The molecule has 0 aliphatic carbocycles. The van der Waals surface area contributed by atoms with Gasteiger partial charge in [-0.2, -0.15) is 0 Å². The van der Waals surface area contributed by atoms with Gasteiger partial charge in [-0.1, -0.05) is 42.5 Å². The predicted molar refractivity (Wildman–Crippen MR) is 103 cm³/mol. The second-order valence-corrected chi connectivity index (χ2v) is 5.64. The molecule has 5 N–H and O–H groups in total. The monoisotopic (exact) mass is 381 g/mol. The summed E-state index contributed by atoms with van der Waals surface area (Å²) in [6.45, 7) is 0. The number of nitrogen functional groups attached to an aromatic ring is 1. The van der Waals surface area contributed by atoms with Crippen LogP contribution in [0.2, 0.25) is 0 Å². The minimum Gasteiger partial charge on any atom is -0.508 e. The summed E-state index contributed by atoms with van der Waals surface area (Å²) in [5, 5.41) is 27.4. The fourth-order valence-corrected chi connectivity index (χ4v) is 2.18. The van der Waals surface area contributed by atoms with Crippen LogP contribution in [-0.2, 0) is 9.53 Å². The Morgan fingerprint density at radius 3 is 1.93 bits per heavy atom. The molecule has 0 spiro atoms. The number of aliphatic carboxylic acids is 1. The summed E-state index contributed by atoms with van der Waals surface area (Å²) >= 11 is 0. The van der Waals surface area contributed by atoms with Gasteiger partial charge < -0.3 is 25.8 Å². The third-order valence-corrected chi connectivity index (χ3v) is 3.57. The summed E-state index contributed by atoms with van der Waals surface area (Å²) in [5.74, 6) is -2.17. The number of carbonyl (C=O) groups is 2. The van der Waals surface area contributed by atoms with Crippen LogP contribution >= 0.6 is 0 Å². The number of para-hydroxylation sites is 1. The highest BCUT2D eigenvalue weighted by Crippen LogP contribution is 2.23. The summed E-state index contributed by atoms with van der Waals surface area (Å²) in [7, 11) is 0. The molecule has 0 saturated carbocycles. The SMILES string of the molecule is Nc1ccc(O)cc1.O=C(OC(C(=O)O)c1ccccc1)c1ccccc1O. The van der Waals surface area contributed by atoms with Crippen LogP contribution in [0.1, 0.15) is 22.0 Å². The van der Waals surface area contributed by atoms with Crippen molar-refractivity contribution in [3.05, 3.63) is 90.0 Å². The molecule has 0 fully saturated rings. The lowest BCUT2D eigenvalue weighted by Crippen LogP contribution is -2.19. The zero-order valence-corrected chi connectivity index (χ0v) is 14.7. The van der Waals surface area contributed by atoms with Crippen LogP contribution in [0.15, 0.2) is 78.9 Å². The zero-order valence-electron chi connectivity index (χ0n) is 14.7. The van der Waals surface area contributed by atoms with E-state index in [1.807, 2.05) is 0 Å². The molecule has 0 heterocycles. The van der Waals surface area contributed by atoms with Gasteiger partial charge in [0.05, 0.1) is 0 Å². The fourth-order valence-electron chi connectivity index (χ4n) is 2.18. The van der Waals surface area contributed by atoms with E-state index < -0.39 is 18.0 Å². The lowest BCUT2D eigenvalue weighted by Gasteiger charge is -2.14. The predicted octanol–water partition coefficient (Wildman–Crippen LogP) is 3.35. The lowest BCUT2D eigenvalue weighted by molar-refractivity contribution is -0.147. The number of ether oxygens (including phenoxy) is 1. The van der Waals surface area contributed by atoms with E-state index in [4.69, 9.17) is 20.7 Å². The van der Waals surface area contributed by atoms with E-state index in [9.17, 15) is 14.7 Å². The summed E-state index contributed by atoms with van der Waals surface area (Å²) in [4.78, 5) is 23.1. The molecule has 7 nitrogen and oxygen atoms in total. The molecule has 7 heteroatoms. The Bertz CT molecular complexity index is 904. The summed E-state index contributed by atoms with van der Waals surface area (Å²) in [6, 6.07) is 20.3. The number of carboxylic acid groups (broad SMARTS) is 1.